The van der Waals surface area contributed by atoms with Gasteiger partial charge >= 0.3 is 0 Å². The number of hydrogen-bond acceptors (Lipinski definition) is 4. The van der Waals surface area contributed by atoms with Gasteiger partial charge in [0.2, 0.25) is 5.91 Å². The Balaban J connectivity index is -0.000000480. The Kier molecular flexibility index (Phi) is 14.3. The molecule has 4 N–H and O–H groups in total. The van der Waals surface area contributed by atoms with E-state index in [4.69, 9.17) is 0 Å². The molecule has 0 aliphatic rings. The van der Waals surface area contributed by atoms with Crippen LogP contribution in [0.5, 0.6) is 0 Å². The summed E-state index contributed by atoms with van der Waals surface area (Å²) in [4.78, 5) is 15.1. The molecule has 0 radical (unpaired) electrons. The van der Waals surface area contributed by atoms with Crippen LogP contribution < -0.4 is 10.6 Å². The van der Waals surface area contributed by atoms with Crippen molar-refractivity contribution in [3.63, 3.8) is 0 Å². The number of nitrogens with zero attached hydrogens (tertiary/aromatic N) is 1. The van der Waals surface area contributed by atoms with Gasteiger partial charge in [-0.25, -0.2) is 4.98 Å². The lowest BCUT2D eigenvalue weighted by Crippen LogP contribution is -2.24. The number of anilines is 1. The first kappa shape index (κ1) is 20.4. The first-order valence-electron chi connectivity index (χ1n) is 3.59. The zero-order chi connectivity index (χ0) is 8.97. The highest BCUT2D eigenvalue weighted by Crippen LogP contribution is 2.13. The Bertz CT molecular complexity index is 283. The van der Waals surface area contributed by atoms with E-state index in [0.29, 0.717) is 11.7 Å². The molecule has 1 heterocycles. The predicted molar refractivity (Wildman–Crippen MR) is 73.7 cm³/mol. The van der Waals surface area contributed by atoms with E-state index in [1.165, 1.54) is 11.3 Å². The summed E-state index contributed by atoms with van der Waals surface area (Å²) in [5.41, 5.74) is 0.930. The van der Waals surface area contributed by atoms with Gasteiger partial charge in [-0.3, -0.25) is 4.79 Å². The number of carbonyl (C=O) groups excluding carboxylic acids is 1. The summed E-state index contributed by atoms with van der Waals surface area (Å²) in [5, 5.41) is 7.99. The second-order valence-corrected chi connectivity index (χ2v) is 3.23. The van der Waals surface area contributed by atoms with Gasteiger partial charge in [0.1, 0.15) is 0 Å². The van der Waals surface area contributed by atoms with E-state index in [-0.39, 0.29) is 45.3 Å². The van der Waals surface area contributed by atoms with E-state index in [2.05, 4.69) is 15.6 Å². The highest BCUT2D eigenvalue weighted by atomic mass is 79.9. The third-order valence-corrected chi connectivity index (χ3v) is 2.08. The number of amides is 1. The lowest BCUT2D eigenvalue weighted by atomic mass is 10.6. The molecule has 0 aliphatic carbocycles. The third kappa shape index (κ3) is 7.86. The molecule has 1 amide bonds. The van der Waals surface area contributed by atoms with Crippen LogP contribution in [0.4, 0.5) is 5.13 Å². The largest absolute Gasteiger partial charge is 0.412 e. The fourth-order valence-electron chi connectivity index (χ4n) is 0.735. The van der Waals surface area contributed by atoms with Gasteiger partial charge in [0.15, 0.2) is 5.13 Å². The van der Waals surface area contributed by atoms with Gasteiger partial charge < -0.3 is 16.1 Å². The maximum absolute atomic E-state index is 11.0. The van der Waals surface area contributed by atoms with E-state index >= 15 is 0 Å². The minimum atomic E-state index is -0.0631. The van der Waals surface area contributed by atoms with Crippen molar-refractivity contribution >= 4 is 56.3 Å². The van der Waals surface area contributed by atoms with Crippen LogP contribution in [0.1, 0.15) is 5.69 Å². The molecular weight excluding hydrogens is 350 g/mol. The van der Waals surface area contributed by atoms with Crippen LogP contribution in [0.15, 0.2) is 5.38 Å². The maximum atomic E-state index is 11.0. The molecule has 1 aromatic heterocycles. The van der Waals surface area contributed by atoms with Gasteiger partial charge in [-0.05, 0) is 14.0 Å². The van der Waals surface area contributed by atoms with E-state index in [9.17, 15) is 4.79 Å². The zero-order valence-corrected chi connectivity index (χ0v) is 12.6. The molecule has 0 aliphatic heterocycles. The summed E-state index contributed by atoms with van der Waals surface area (Å²) in [6, 6.07) is 0. The van der Waals surface area contributed by atoms with Gasteiger partial charge in [0.25, 0.3) is 0 Å². The molecule has 0 bridgehead atoms. The van der Waals surface area contributed by atoms with Crippen molar-refractivity contribution in [1.29, 1.82) is 0 Å². The summed E-state index contributed by atoms with van der Waals surface area (Å²) < 4.78 is 0. The summed E-state index contributed by atoms with van der Waals surface area (Å²) >= 11 is 1.43. The number of hydrogen-bond donors (Lipinski definition) is 2. The van der Waals surface area contributed by atoms with E-state index in [0.717, 1.165) is 5.69 Å². The molecule has 5 nitrogen and oxygen atoms in total. The molecule has 8 heteroatoms. The Morgan fingerprint density at radius 3 is 2.53 bits per heavy atom. The number of thiazole rings is 1. The molecule has 0 fully saturated rings. The van der Waals surface area contributed by atoms with Gasteiger partial charge in [0, 0.05) is 5.38 Å². The predicted octanol–water partition coefficient (Wildman–Crippen LogP) is 0.941. The fraction of sp³-hybridized carbons (Fsp3) is 0.429. The molecule has 90 valence electrons. The Morgan fingerprint density at radius 1 is 1.53 bits per heavy atom. The molecule has 15 heavy (non-hydrogen) atoms. The van der Waals surface area contributed by atoms with Crippen molar-refractivity contribution in [2.24, 2.45) is 0 Å². The Morgan fingerprint density at radius 2 is 2.13 bits per heavy atom. The molecule has 0 unspecified atom stereocenters. The quantitative estimate of drug-likeness (QED) is 0.836. The molecular formula is C7H15Br2N3O2S. The monoisotopic (exact) mass is 363 g/mol. The number of nitrogens with one attached hydrogen (secondary N) is 2. The van der Waals surface area contributed by atoms with Crippen molar-refractivity contribution in [3.8, 4) is 0 Å². The summed E-state index contributed by atoms with van der Waals surface area (Å²) in [7, 11) is 1.73. The van der Waals surface area contributed by atoms with Crippen LogP contribution in [-0.2, 0) is 4.79 Å². The zero-order valence-electron chi connectivity index (χ0n) is 8.36. The van der Waals surface area contributed by atoms with Crippen LogP contribution in [-0.4, -0.2) is 30.0 Å². The first-order valence-corrected chi connectivity index (χ1v) is 4.47. The van der Waals surface area contributed by atoms with Crippen LogP contribution in [0.25, 0.3) is 0 Å². The van der Waals surface area contributed by atoms with Gasteiger partial charge in [0.05, 0.1) is 12.2 Å². The Hall–Kier alpha value is -0.0200. The topological polar surface area (TPSA) is 85.5 Å². The third-order valence-electron chi connectivity index (χ3n) is 1.20. The van der Waals surface area contributed by atoms with Crippen molar-refractivity contribution in [2.75, 3.05) is 18.9 Å². The normalized spacial score (nSPS) is 7.87. The number of aryl methyl sites for hydroxylation is 1. The summed E-state index contributed by atoms with van der Waals surface area (Å²) in [5.74, 6) is -0.0631. The molecule has 0 saturated carbocycles. The van der Waals surface area contributed by atoms with Crippen LogP contribution in [0.3, 0.4) is 0 Å². The lowest BCUT2D eigenvalue weighted by molar-refractivity contribution is -0.115. The minimum Gasteiger partial charge on any atom is -0.412 e. The van der Waals surface area contributed by atoms with Crippen molar-refractivity contribution in [3.05, 3.63) is 11.1 Å². The van der Waals surface area contributed by atoms with Crippen LogP contribution >= 0.6 is 45.3 Å². The Labute approximate surface area is 114 Å². The molecule has 0 saturated heterocycles. The van der Waals surface area contributed by atoms with Crippen molar-refractivity contribution < 1.29 is 10.3 Å². The molecule has 0 aromatic carbocycles. The van der Waals surface area contributed by atoms with Crippen LogP contribution in [0.2, 0.25) is 0 Å². The minimum absolute atomic E-state index is 0. The highest BCUT2D eigenvalue weighted by Gasteiger charge is 2.02. The van der Waals surface area contributed by atoms with E-state index in [1.807, 2.05) is 12.3 Å². The van der Waals surface area contributed by atoms with E-state index < -0.39 is 0 Å². The number of likely N-dealkylation sites (N-methyl/N-ethyl adjacent to an activating group) is 1. The molecule has 0 atom stereocenters. The van der Waals surface area contributed by atoms with Crippen LogP contribution in [0, 0.1) is 6.92 Å². The van der Waals surface area contributed by atoms with E-state index in [1.54, 1.807) is 7.05 Å². The summed E-state index contributed by atoms with van der Waals surface area (Å²) in [6.45, 7) is 2.21. The number of aromatic nitrogens is 1. The van der Waals surface area contributed by atoms with Gasteiger partial charge in [-0.1, -0.05) is 0 Å². The average Bonchev–Trinajstić information content (AvgIpc) is 2.36. The fourth-order valence-corrected chi connectivity index (χ4v) is 1.44. The smallest absolute Gasteiger partial charge is 0.240 e. The summed E-state index contributed by atoms with van der Waals surface area (Å²) in [6.07, 6.45) is 0. The van der Waals surface area contributed by atoms with Gasteiger partial charge in [-0.15, -0.1) is 45.3 Å². The molecule has 1 aromatic rings. The van der Waals surface area contributed by atoms with Gasteiger partial charge in [-0.2, -0.15) is 0 Å². The standard InChI is InChI=1S/C7H11N3OS.2BrH.H2O/c1-5-4-12-7(9-5)10-6(11)3-8-2;;;/h4,8H,3H2,1-2H3,(H,9,10,11);2*1H;1H2. The SMILES string of the molecule is Br.Br.CNCC(=O)Nc1nc(C)cs1.O. The second kappa shape index (κ2) is 10.5. The van der Waals surface area contributed by atoms with Crippen molar-refractivity contribution in [1.82, 2.24) is 10.3 Å². The van der Waals surface area contributed by atoms with Crippen molar-refractivity contribution in [2.45, 2.75) is 6.92 Å². The lowest BCUT2D eigenvalue weighted by Gasteiger charge is -1.98. The average molecular weight is 365 g/mol. The second-order valence-electron chi connectivity index (χ2n) is 2.37. The maximum Gasteiger partial charge on any atom is 0.240 e. The molecule has 1 rings (SSSR count). The number of rotatable bonds is 3. The highest BCUT2D eigenvalue weighted by molar-refractivity contribution is 8.93. The number of carbonyl (C=O) groups is 1. The molecule has 0 spiro atoms. The first-order chi connectivity index (χ1) is 5.72. The number of halogens is 2.